The Morgan fingerprint density at radius 2 is 1.22 bits per heavy atom. The van der Waals surface area contributed by atoms with Crippen LogP contribution in [0, 0.1) is 20.2 Å². The maximum absolute atomic E-state index is 14.2. The Hall–Kier alpha value is -4.86. The summed E-state index contributed by atoms with van der Waals surface area (Å²) in [5.41, 5.74) is 4.72. The third kappa shape index (κ3) is 5.96. The number of unbranched alkanes of at least 4 members (excludes halogenated alkanes) is 6. The number of nitro benzene ring substituents is 2. The third-order valence-electron chi connectivity index (χ3n) is 8.86. The standard InChI is InChI=1S/C35H38N4O6/c1-3-5-7-9-15-22(16-10-8-6-4-2)37-35(41)26-20-28(39(44)45)32-24-18-12-14-21-13-11-17-23(29(21)24)31-27(38(42)43)19-25(34(36)40)30(26)33(31)32/h11-14,17-20,22H,3-10,15-16H2,1-2H3,(H2,36,40)(H,37,41). The zero-order chi connectivity index (χ0) is 32.2. The van der Waals surface area contributed by atoms with Gasteiger partial charge in [0.15, 0.2) is 0 Å². The van der Waals surface area contributed by atoms with Gasteiger partial charge in [0, 0.05) is 28.9 Å². The second-order valence-electron chi connectivity index (χ2n) is 11.8. The van der Waals surface area contributed by atoms with E-state index in [4.69, 9.17) is 5.73 Å². The summed E-state index contributed by atoms with van der Waals surface area (Å²) in [5, 5.41) is 31.1. The Morgan fingerprint density at radius 3 is 1.69 bits per heavy atom. The molecule has 2 amide bonds. The molecular formula is C35H38N4O6. The summed E-state index contributed by atoms with van der Waals surface area (Å²) in [4.78, 5) is 51.0. The van der Waals surface area contributed by atoms with E-state index in [2.05, 4.69) is 19.2 Å². The number of benzene rings is 5. The molecule has 5 aromatic rings. The van der Waals surface area contributed by atoms with Crippen molar-refractivity contribution in [1.82, 2.24) is 5.32 Å². The number of carbonyl (C=O) groups is 2. The fraction of sp³-hybridized carbons (Fsp3) is 0.371. The third-order valence-corrected chi connectivity index (χ3v) is 8.86. The highest BCUT2D eigenvalue weighted by atomic mass is 16.6. The van der Waals surface area contributed by atoms with Crippen molar-refractivity contribution in [3.8, 4) is 0 Å². The van der Waals surface area contributed by atoms with Gasteiger partial charge in [0.1, 0.15) is 0 Å². The molecule has 3 N–H and O–H groups in total. The highest BCUT2D eigenvalue weighted by Crippen LogP contribution is 2.48. The number of rotatable bonds is 15. The van der Waals surface area contributed by atoms with E-state index >= 15 is 0 Å². The van der Waals surface area contributed by atoms with Crippen molar-refractivity contribution in [3.63, 3.8) is 0 Å². The molecule has 10 heteroatoms. The van der Waals surface area contributed by atoms with Crippen LogP contribution < -0.4 is 11.1 Å². The number of amides is 2. The molecule has 234 valence electrons. The van der Waals surface area contributed by atoms with Gasteiger partial charge in [-0.15, -0.1) is 0 Å². The first kappa shape index (κ1) is 31.6. The van der Waals surface area contributed by atoms with Crippen molar-refractivity contribution in [2.24, 2.45) is 5.73 Å². The number of carbonyl (C=O) groups excluding carboxylic acids is 2. The SMILES string of the molecule is CCCCCCC(CCCCCC)NC(=O)c1cc([N+](=O)[O-])c2c3cccc4cccc(c5c([N+](=O)[O-])cc(C(N)=O)c1c52)c43. The van der Waals surface area contributed by atoms with E-state index in [0.29, 0.717) is 16.2 Å². The lowest BCUT2D eigenvalue weighted by molar-refractivity contribution is -0.383. The minimum absolute atomic E-state index is 0.0865. The Balaban J connectivity index is 1.80. The minimum Gasteiger partial charge on any atom is -0.366 e. The molecule has 0 heterocycles. The van der Waals surface area contributed by atoms with E-state index in [1.807, 2.05) is 12.1 Å². The van der Waals surface area contributed by atoms with Crippen molar-refractivity contribution in [2.75, 3.05) is 0 Å². The molecule has 0 atom stereocenters. The molecule has 5 aromatic carbocycles. The molecule has 0 saturated heterocycles. The topological polar surface area (TPSA) is 158 Å². The van der Waals surface area contributed by atoms with Crippen molar-refractivity contribution in [3.05, 3.63) is 79.9 Å². The largest absolute Gasteiger partial charge is 0.366 e. The van der Waals surface area contributed by atoms with Crippen LogP contribution in [0.3, 0.4) is 0 Å². The van der Waals surface area contributed by atoms with Gasteiger partial charge in [0.2, 0.25) is 5.91 Å². The summed E-state index contributed by atoms with van der Waals surface area (Å²) in [6.07, 6.45) is 9.77. The highest BCUT2D eigenvalue weighted by molar-refractivity contribution is 6.39. The van der Waals surface area contributed by atoms with Gasteiger partial charge in [-0.3, -0.25) is 29.8 Å². The van der Waals surface area contributed by atoms with Crippen LogP contribution in [0.25, 0.3) is 43.1 Å². The first-order valence-corrected chi connectivity index (χ1v) is 15.8. The molecule has 10 nitrogen and oxygen atoms in total. The fourth-order valence-electron chi connectivity index (χ4n) is 6.76. The van der Waals surface area contributed by atoms with E-state index in [9.17, 15) is 29.8 Å². The molecule has 0 aliphatic carbocycles. The first-order valence-electron chi connectivity index (χ1n) is 15.8. The van der Waals surface area contributed by atoms with Crippen LogP contribution in [-0.4, -0.2) is 27.7 Å². The van der Waals surface area contributed by atoms with Gasteiger partial charge in [-0.05, 0) is 34.4 Å². The molecular weight excluding hydrogens is 572 g/mol. The molecule has 0 bridgehead atoms. The zero-order valence-electron chi connectivity index (χ0n) is 25.7. The summed E-state index contributed by atoms with van der Waals surface area (Å²) in [6.45, 7) is 4.27. The summed E-state index contributed by atoms with van der Waals surface area (Å²) in [7, 11) is 0. The number of nitrogens with two attached hydrogens (primary N) is 1. The average Bonchev–Trinajstić information content (AvgIpc) is 3.02. The van der Waals surface area contributed by atoms with E-state index < -0.39 is 27.3 Å². The van der Waals surface area contributed by atoms with Gasteiger partial charge < -0.3 is 11.1 Å². The normalized spacial score (nSPS) is 11.7. The lowest BCUT2D eigenvalue weighted by Crippen LogP contribution is -2.35. The fourth-order valence-corrected chi connectivity index (χ4v) is 6.76. The van der Waals surface area contributed by atoms with E-state index in [1.165, 1.54) is 6.07 Å². The predicted octanol–water partition coefficient (Wildman–Crippen LogP) is 8.69. The predicted molar refractivity (Wildman–Crippen MR) is 178 cm³/mol. The smallest absolute Gasteiger partial charge is 0.278 e. The number of primary amides is 1. The summed E-state index contributed by atoms with van der Waals surface area (Å²) in [5.74, 6) is -1.54. The molecule has 5 rings (SSSR count). The number of hydrogen-bond donors (Lipinski definition) is 2. The second-order valence-corrected chi connectivity index (χ2v) is 11.8. The van der Waals surface area contributed by atoms with Gasteiger partial charge in [-0.25, -0.2) is 0 Å². The lowest BCUT2D eigenvalue weighted by Gasteiger charge is -2.21. The molecule has 0 aliphatic rings. The number of fused-ring (bicyclic) bond motifs is 2. The van der Waals surface area contributed by atoms with E-state index in [1.54, 1.807) is 24.3 Å². The van der Waals surface area contributed by atoms with Crippen LogP contribution >= 0.6 is 0 Å². The van der Waals surface area contributed by atoms with Crippen molar-refractivity contribution >= 4 is 66.3 Å². The van der Waals surface area contributed by atoms with Gasteiger partial charge in [0.05, 0.1) is 31.7 Å². The molecule has 0 aromatic heterocycles. The molecule has 0 aliphatic heterocycles. The number of nitrogens with one attached hydrogen (secondary N) is 1. The Kier molecular flexibility index (Phi) is 9.41. The van der Waals surface area contributed by atoms with E-state index in [-0.39, 0.29) is 44.4 Å². The van der Waals surface area contributed by atoms with Gasteiger partial charge >= 0.3 is 0 Å². The molecule has 0 radical (unpaired) electrons. The van der Waals surface area contributed by atoms with Crippen LogP contribution in [0.15, 0.2) is 48.5 Å². The van der Waals surface area contributed by atoms with Crippen LogP contribution in [0.5, 0.6) is 0 Å². The van der Waals surface area contributed by atoms with E-state index in [0.717, 1.165) is 75.7 Å². The monoisotopic (exact) mass is 610 g/mol. The van der Waals surface area contributed by atoms with Crippen LogP contribution in [0.1, 0.15) is 98.8 Å². The van der Waals surface area contributed by atoms with Gasteiger partial charge in [-0.1, -0.05) is 102 Å². The van der Waals surface area contributed by atoms with Crippen LogP contribution in [0.4, 0.5) is 11.4 Å². The number of nitrogens with zero attached hydrogens (tertiary/aromatic N) is 2. The zero-order valence-corrected chi connectivity index (χ0v) is 25.7. The summed E-state index contributed by atoms with van der Waals surface area (Å²) in [6, 6.07) is 12.8. The van der Waals surface area contributed by atoms with Crippen molar-refractivity contribution in [2.45, 2.75) is 84.1 Å². The minimum atomic E-state index is -0.966. The van der Waals surface area contributed by atoms with Crippen LogP contribution in [-0.2, 0) is 0 Å². The van der Waals surface area contributed by atoms with Gasteiger partial charge in [0.25, 0.3) is 17.3 Å². The average molecular weight is 611 g/mol. The lowest BCUT2D eigenvalue weighted by atomic mass is 9.84. The summed E-state index contributed by atoms with van der Waals surface area (Å²) >= 11 is 0. The van der Waals surface area contributed by atoms with Crippen molar-refractivity contribution < 1.29 is 19.4 Å². The Labute approximate surface area is 260 Å². The Bertz CT molecular complexity index is 1870. The molecule has 0 fully saturated rings. The molecule has 0 unspecified atom stereocenters. The quantitative estimate of drug-likeness (QED) is 0.0396. The molecule has 0 spiro atoms. The highest BCUT2D eigenvalue weighted by Gasteiger charge is 2.32. The van der Waals surface area contributed by atoms with Gasteiger partial charge in [-0.2, -0.15) is 0 Å². The summed E-state index contributed by atoms with van der Waals surface area (Å²) < 4.78 is 0. The molecule has 0 saturated carbocycles. The number of hydrogen-bond acceptors (Lipinski definition) is 6. The maximum Gasteiger partial charge on any atom is 0.278 e. The molecule has 45 heavy (non-hydrogen) atoms. The number of nitro groups is 2. The van der Waals surface area contributed by atoms with Crippen molar-refractivity contribution in [1.29, 1.82) is 0 Å². The second kappa shape index (κ2) is 13.4. The first-order chi connectivity index (χ1) is 21.7. The maximum atomic E-state index is 14.2. The Morgan fingerprint density at radius 1 is 0.711 bits per heavy atom. The number of non-ortho nitro benzene ring substituents is 2. The van der Waals surface area contributed by atoms with Crippen LogP contribution in [0.2, 0.25) is 0 Å².